The molecular weight excluding hydrogens is 186 g/mol. The van der Waals surface area contributed by atoms with Gasteiger partial charge in [-0.1, -0.05) is 13.3 Å². The maximum absolute atomic E-state index is 6.20. The molecule has 3 heteroatoms. The monoisotopic (exact) mass is 207 g/mol. The van der Waals surface area contributed by atoms with Crippen molar-refractivity contribution in [2.45, 2.75) is 44.6 Å². The van der Waals surface area contributed by atoms with E-state index in [1.807, 2.05) is 17.9 Å². The third kappa shape index (κ3) is 2.23. The fourth-order valence-corrected chi connectivity index (χ4v) is 2.67. The van der Waals surface area contributed by atoms with E-state index in [4.69, 9.17) is 5.73 Å². The average molecular weight is 207 g/mol. The first-order valence-electron chi connectivity index (χ1n) is 5.94. The molecule has 2 rings (SSSR count). The quantitative estimate of drug-likeness (QED) is 0.806. The minimum absolute atomic E-state index is 0.331. The summed E-state index contributed by atoms with van der Waals surface area (Å²) in [6.07, 6.45) is 9.07. The van der Waals surface area contributed by atoms with E-state index in [1.165, 1.54) is 24.8 Å². The van der Waals surface area contributed by atoms with Crippen molar-refractivity contribution < 1.29 is 0 Å². The van der Waals surface area contributed by atoms with Gasteiger partial charge in [0.25, 0.3) is 0 Å². The SMILES string of the molecule is CCC1CCC(N)C(c2cnn(C)c2)C1. The first kappa shape index (κ1) is 10.7. The highest BCUT2D eigenvalue weighted by atomic mass is 15.2. The van der Waals surface area contributed by atoms with Crippen LogP contribution >= 0.6 is 0 Å². The lowest BCUT2D eigenvalue weighted by Crippen LogP contribution is -2.34. The number of nitrogens with zero attached hydrogens (tertiary/aromatic N) is 2. The van der Waals surface area contributed by atoms with Crippen LogP contribution in [0.25, 0.3) is 0 Å². The fourth-order valence-electron chi connectivity index (χ4n) is 2.67. The summed E-state index contributed by atoms with van der Waals surface area (Å²) in [5.74, 6) is 1.38. The van der Waals surface area contributed by atoms with Crippen molar-refractivity contribution in [1.29, 1.82) is 0 Å². The van der Waals surface area contributed by atoms with E-state index < -0.39 is 0 Å². The molecule has 0 saturated heterocycles. The lowest BCUT2D eigenvalue weighted by molar-refractivity contribution is 0.282. The minimum Gasteiger partial charge on any atom is -0.327 e. The van der Waals surface area contributed by atoms with E-state index in [0.717, 1.165) is 12.3 Å². The van der Waals surface area contributed by atoms with Crippen molar-refractivity contribution in [3.63, 3.8) is 0 Å². The molecule has 3 atom stereocenters. The normalized spacial score (nSPS) is 31.8. The van der Waals surface area contributed by atoms with Gasteiger partial charge in [0.05, 0.1) is 6.20 Å². The largest absolute Gasteiger partial charge is 0.327 e. The van der Waals surface area contributed by atoms with Gasteiger partial charge in [-0.2, -0.15) is 5.10 Å². The number of aryl methyl sites for hydroxylation is 1. The van der Waals surface area contributed by atoms with Gasteiger partial charge >= 0.3 is 0 Å². The Morgan fingerprint density at radius 2 is 2.33 bits per heavy atom. The van der Waals surface area contributed by atoms with Crippen LogP contribution in [0.2, 0.25) is 0 Å². The zero-order chi connectivity index (χ0) is 10.8. The van der Waals surface area contributed by atoms with Crippen LogP contribution in [-0.4, -0.2) is 15.8 Å². The van der Waals surface area contributed by atoms with Gasteiger partial charge in [0.2, 0.25) is 0 Å². The topological polar surface area (TPSA) is 43.8 Å². The molecule has 1 aromatic rings. The van der Waals surface area contributed by atoms with Gasteiger partial charge in [0.15, 0.2) is 0 Å². The Morgan fingerprint density at radius 1 is 1.53 bits per heavy atom. The van der Waals surface area contributed by atoms with Gasteiger partial charge in [-0.25, -0.2) is 0 Å². The highest BCUT2D eigenvalue weighted by Gasteiger charge is 2.29. The zero-order valence-corrected chi connectivity index (χ0v) is 9.69. The van der Waals surface area contributed by atoms with E-state index in [9.17, 15) is 0 Å². The highest BCUT2D eigenvalue weighted by Crippen LogP contribution is 2.36. The average Bonchev–Trinajstić information content (AvgIpc) is 2.65. The van der Waals surface area contributed by atoms with E-state index in [1.54, 1.807) is 0 Å². The molecule has 1 aromatic heterocycles. The van der Waals surface area contributed by atoms with Gasteiger partial charge in [-0.15, -0.1) is 0 Å². The summed E-state index contributed by atoms with van der Waals surface area (Å²) in [5, 5.41) is 4.24. The van der Waals surface area contributed by atoms with E-state index in [2.05, 4.69) is 18.2 Å². The molecule has 1 aliphatic rings. The van der Waals surface area contributed by atoms with E-state index in [0.29, 0.717) is 12.0 Å². The Morgan fingerprint density at radius 3 is 2.93 bits per heavy atom. The molecule has 0 spiro atoms. The molecule has 0 aliphatic heterocycles. The molecule has 1 saturated carbocycles. The van der Waals surface area contributed by atoms with Crippen molar-refractivity contribution in [2.24, 2.45) is 18.7 Å². The highest BCUT2D eigenvalue weighted by molar-refractivity contribution is 5.15. The van der Waals surface area contributed by atoms with Crippen molar-refractivity contribution in [3.05, 3.63) is 18.0 Å². The molecular formula is C12H21N3. The maximum atomic E-state index is 6.20. The van der Waals surface area contributed by atoms with Crippen molar-refractivity contribution >= 4 is 0 Å². The molecule has 0 amide bonds. The molecule has 1 heterocycles. The summed E-state index contributed by atoms with van der Waals surface area (Å²) in [5.41, 5.74) is 7.52. The molecule has 1 fully saturated rings. The number of rotatable bonds is 2. The number of hydrogen-bond donors (Lipinski definition) is 1. The molecule has 2 N–H and O–H groups in total. The Labute approximate surface area is 91.7 Å². The van der Waals surface area contributed by atoms with Crippen LogP contribution < -0.4 is 5.73 Å². The molecule has 3 unspecified atom stereocenters. The third-order valence-electron chi connectivity index (χ3n) is 3.74. The van der Waals surface area contributed by atoms with Gasteiger partial charge in [0, 0.05) is 25.2 Å². The van der Waals surface area contributed by atoms with Crippen LogP contribution in [0.1, 0.15) is 44.1 Å². The first-order valence-corrected chi connectivity index (χ1v) is 5.94. The molecule has 0 radical (unpaired) electrons. The smallest absolute Gasteiger partial charge is 0.0525 e. The first-order chi connectivity index (χ1) is 7.20. The Kier molecular flexibility index (Phi) is 3.10. The summed E-state index contributed by atoms with van der Waals surface area (Å²) in [6.45, 7) is 2.28. The van der Waals surface area contributed by atoms with Crippen LogP contribution in [0, 0.1) is 5.92 Å². The number of nitrogens with two attached hydrogens (primary N) is 1. The van der Waals surface area contributed by atoms with Gasteiger partial charge in [-0.3, -0.25) is 4.68 Å². The maximum Gasteiger partial charge on any atom is 0.0525 e. The molecule has 84 valence electrons. The predicted molar refractivity (Wildman–Crippen MR) is 61.6 cm³/mol. The van der Waals surface area contributed by atoms with Crippen LogP contribution in [0.5, 0.6) is 0 Å². The third-order valence-corrected chi connectivity index (χ3v) is 3.74. The standard InChI is InChI=1S/C12H21N3/c1-3-9-4-5-12(13)11(6-9)10-7-14-15(2)8-10/h7-9,11-12H,3-6,13H2,1-2H3. The summed E-state index contributed by atoms with van der Waals surface area (Å²) in [4.78, 5) is 0. The molecule has 0 aromatic carbocycles. The summed E-state index contributed by atoms with van der Waals surface area (Å²) < 4.78 is 1.87. The lowest BCUT2D eigenvalue weighted by atomic mass is 9.75. The minimum atomic E-state index is 0.331. The van der Waals surface area contributed by atoms with E-state index >= 15 is 0 Å². The lowest BCUT2D eigenvalue weighted by Gasteiger charge is -2.33. The summed E-state index contributed by atoms with van der Waals surface area (Å²) in [6, 6.07) is 0.331. The Balaban J connectivity index is 2.12. The number of hydrogen-bond acceptors (Lipinski definition) is 2. The summed E-state index contributed by atoms with van der Waals surface area (Å²) >= 11 is 0. The van der Waals surface area contributed by atoms with Crippen LogP contribution in [-0.2, 0) is 7.05 Å². The molecule has 15 heavy (non-hydrogen) atoms. The predicted octanol–water partition coefficient (Wildman–Crippen LogP) is 2.04. The second-order valence-corrected chi connectivity index (χ2v) is 4.81. The summed E-state index contributed by atoms with van der Waals surface area (Å²) in [7, 11) is 1.97. The Bertz CT molecular complexity index is 318. The fraction of sp³-hybridized carbons (Fsp3) is 0.750. The van der Waals surface area contributed by atoms with Crippen molar-refractivity contribution in [1.82, 2.24) is 9.78 Å². The zero-order valence-electron chi connectivity index (χ0n) is 9.69. The Hall–Kier alpha value is -0.830. The molecule has 0 bridgehead atoms. The van der Waals surface area contributed by atoms with Gasteiger partial charge in [0.1, 0.15) is 0 Å². The number of aromatic nitrogens is 2. The van der Waals surface area contributed by atoms with Crippen LogP contribution in [0.3, 0.4) is 0 Å². The van der Waals surface area contributed by atoms with Gasteiger partial charge in [-0.05, 0) is 30.7 Å². The molecule has 3 nitrogen and oxygen atoms in total. The van der Waals surface area contributed by atoms with Crippen LogP contribution in [0.15, 0.2) is 12.4 Å². The molecule has 1 aliphatic carbocycles. The van der Waals surface area contributed by atoms with Gasteiger partial charge < -0.3 is 5.73 Å². The van der Waals surface area contributed by atoms with Crippen molar-refractivity contribution in [3.8, 4) is 0 Å². The van der Waals surface area contributed by atoms with Crippen LogP contribution in [0.4, 0.5) is 0 Å². The second kappa shape index (κ2) is 4.35. The second-order valence-electron chi connectivity index (χ2n) is 4.81. The van der Waals surface area contributed by atoms with Crippen molar-refractivity contribution in [2.75, 3.05) is 0 Å². The van der Waals surface area contributed by atoms with E-state index in [-0.39, 0.29) is 0 Å².